The van der Waals surface area contributed by atoms with Gasteiger partial charge in [-0.1, -0.05) is 12.1 Å². The number of aromatic nitrogens is 4. The Bertz CT molecular complexity index is 952. The number of halogens is 1. The number of hydrogen-bond donors (Lipinski definition) is 1. The summed E-state index contributed by atoms with van der Waals surface area (Å²) in [5.74, 6) is -0.0378. The highest BCUT2D eigenvalue weighted by atomic mass is 19.1. The smallest absolute Gasteiger partial charge is 0.249 e. The van der Waals surface area contributed by atoms with Crippen LogP contribution in [0.5, 0.6) is 0 Å². The van der Waals surface area contributed by atoms with Crippen molar-refractivity contribution < 1.29 is 13.9 Å². The van der Waals surface area contributed by atoms with Gasteiger partial charge in [0.25, 0.3) is 0 Å². The Hall–Kier alpha value is -2.87. The average Bonchev–Trinajstić information content (AvgIpc) is 3.31. The Balaban J connectivity index is 1.57. The lowest BCUT2D eigenvalue weighted by Gasteiger charge is -2.14. The van der Waals surface area contributed by atoms with E-state index in [1.807, 2.05) is 6.92 Å². The summed E-state index contributed by atoms with van der Waals surface area (Å²) < 4.78 is 20.8. The van der Waals surface area contributed by atoms with Crippen molar-refractivity contribution in [1.29, 1.82) is 0 Å². The monoisotopic (exact) mass is 355 g/mol. The lowest BCUT2D eigenvalue weighted by molar-refractivity contribution is -0.130. The molecule has 1 aliphatic heterocycles. The fraction of sp³-hybridized carbons (Fsp3) is 0.333. The van der Waals surface area contributed by atoms with E-state index in [9.17, 15) is 9.18 Å². The second-order valence-electron chi connectivity index (χ2n) is 6.26. The number of hydrogen-bond acceptors (Lipinski definition) is 5. The molecule has 134 valence electrons. The third-order valence-corrected chi connectivity index (χ3v) is 4.36. The van der Waals surface area contributed by atoms with E-state index in [4.69, 9.17) is 4.74 Å². The first-order valence-electron chi connectivity index (χ1n) is 8.51. The highest BCUT2D eigenvalue weighted by Crippen LogP contribution is 2.21. The molecule has 2 aromatic heterocycles. The molecule has 1 aliphatic rings. The van der Waals surface area contributed by atoms with Crippen LogP contribution in [0.4, 0.5) is 4.39 Å². The SMILES string of the molecule is C[C@H](NC(=O)C1CCCO1)c1nc2cc(-c3ccccc3F)ncn2n1. The number of benzene rings is 1. The molecule has 8 heteroatoms. The molecule has 0 saturated carbocycles. The van der Waals surface area contributed by atoms with Crippen molar-refractivity contribution in [3.63, 3.8) is 0 Å². The maximum Gasteiger partial charge on any atom is 0.249 e. The Morgan fingerprint density at radius 2 is 2.27 bits per heavy atom. The highest BCUT2D eigenvalue weighted by Gasteiger charge is 2.26. The third kappa shape index (κ3) is 3.15. The zero-order chi connectivity index (χ0) is 18.1. The van der Waals surface area contributed by atoms with Crippen LogP contribution < -0.4 is 5.32 Å². The molecule has 1 fully saturated rings. The fourth-order valence-electron chi connectivity index (χ4n) is 2.97. The van der Waals surface area contributed by atoms with Gasteiger partial charge in [-0.2, -0.15) is 0 Å². The van der Waals surface area contributed by atoms with E-state index in [0.29, 0.717) is 29.3 Å². The second kappa shape index (κ2) is 6.80. The van der Waals surface area contributed by atoms with Crippen molar-refractivity contribution in [1.82, 2.24) is 24.9 Å². The maximum absolute atomic E-state index is 14.0. The number of fused-ring (bicyclic) bond motifs is 1. The molecule has 3 heterocycles. The first-order valence-corrected chi connectivity index (χ1v) is 8.51. The van der Waals surface area contributed by atoms with Gasteiger partial charge >= 0.3 is 0 Å². The topological polar surface area (TPSA) is 81.4 Å². The van der Waals surface area contributed by atoms with E-state index < -0.39 is 6.10 Å². The normalized spacial score (nSPS) is 18.2. The average molecular weight is 355 g/mol. The number of nitrogens with zero attached hydrogens (tertiary/aromatic N) is 4. The number of carbonyl (C=O) groups excluding carboxylic acids is 1. The molecule has 26 heavy (non-hydrogen) atoms. The van der Waals surface area contributed by atoms with Crippen molar-refractivity contribution in [2.75, 3.05) is 6.61 Å². The van der Waals surface area contributed by atoms with Gasteiger partial charge in [0.05, 0.1) is 11.7 Å². The van der Waals surface area contributed by atoms with E-state index in [1.165, 1.54) is 16.9 Å². The first-order chi connectivity index (χ1) is 12.6. The van der Waals surface area contributed by atoms with Crippen LogP contribution in [0.15, 0.2) is 36.7 Å². The van der Waals surface area contributed by atoms with Gasteiger partial charge in [-0.25, -0.2) is 18.9 Å². The third-order valence-electron chi connectivity index (χ3n) is 4.36. The van der Waals surface area contributed by atoms with Gasteiger partial charge in [-0.3, -0.25) is 4.79 Å². The molecule has 0 bridgehead atoms. The summed E-state index contributed by atoms with van der Waals surface area (Å²) in [4.78, 5) is 20.9. The van der Waals surface area contributed by atoms with Gasteiger partial charge in [-0.05, 0) is 31.9 Å². The van der Waals surface area contributed by atoms with Gasteiger partial charge in [-0.15, -0.1) is 5.10 Å². The number of carbonyl (C=O) groups is 1. The van der Waals surface area contributed by atoms with Gasteiger partial charge in [0.15, 0.2) is 11.5 Å². The fourth-order valence-corrected chi connectivity index (χ4v) is 2.97. The number of rotatable bonds is 4. The van der Waals surface area contributed by atoms with E-state index in [1.54, 1.807) is 24.3 Å². The number of amides is 1. The minimum absolute atomic E-state index is 0.154. The predicted molar refractivity (Wildman–Crippen MR) is 91.7 cm³/mol. The molecule has 2 atom stereocenters. The predicted octanol–water partition coefficient (Wildman–Crippen LogP) is 2.29. The summed E-state index contributed by atoms with van der Waals surface area (Å²) in [5, 5.41) is 7.22. The van der Waals surface area contributed by atoms with Crippen molar-refractivity contribution in [2.24, 2.45) is 0 Å². The molecule has 4 rings (SSSR count). The molecule has 0 spiro atoms. The van der Waals surface area contributed by atoms with Crippen LogP contribution in [0.2, 0.25) is 0 Å². The lowest BCUT2D eigenvalue weighted by Crippen LogP contribution is -2.36. The Morgan fingerprint density at radius 1 is 1.42 bits per heavy atom. The Kier molecular flexibility index (Phi) is 4.34. The molecule has 1 amide bonds. The van der Waals surface area contributed by atoms with Crippen LogP contribution in [0.3, 0.4) is 0 Å². The summed E-state index contributed by atoms with van der Waals surface area (Å²) in [7, 11) is 0. The molecule has 0 aliphatic carbocycles. The molecular formula is C18H18FN5O2. The summed E-state index contributed by atoms with van der Waals surface area (Å²) in [6.45, 7) is 2.43. The number of nitrogens with one attached hydrogen (secondary N) is 1. The molecule has 1 N–H and O–H groups in total. The van der Waals surface area contributed by atoms with E-state index in [-0.39, 0.29) is 17.8 Å². The van der Waals surface area contributed by atoms with Crippen LogP contribution in [-0.4, -0.2) is 38.2 Å². The molecule has 1 unspecified atom stereocenters. The number of ether oxygens (including phenoxy) is 1. The highest BCUT2D eigenvalue weighted by molar-refractivity contribution is 5.81. The minimum Gasteiger partial charge on any atom is -0.368 e. The minimum atomic E-state index is -0.399. The summed E-state index contributed by atoms with van der Waals surface area (Å²) >= 11 is 0. The molecule has 1 aromatic carbocycles. The van der Waals surface area contributed by atoms with Crippen LogP contribution in [0.25, 0.3) is 16.9 Å². The molecule has 3 aromatic rings. The van der Waals surface area contributed by atoms with Crippen LogP contribution >= 0.6 is 0 Å². The summed E-state index contributed by atoms with van der Waals surface area (Å²) in [6, 6.07) is 7.73. The van der Waals surface area contributed by atoms with Gasteiger partial charge < -0.3 is 10.1 Å². The maximum atomic E-state index is 14.0. The van der Waals surface area contributed by atoms with Crippen molar-refractivity contribution in [3.8, 4) is 11.3 Å². The quantitative estimate of drug-likeness (QED) is 0.776. The molecule has 0 radical (unpaired) electrons. The second-order valence-corrected chi connectivity index (χ2v) is 6.26. The van der Waals surface area contributed by atoms with Crippen LogP contribution in [0.1, 0.15) is 31.6 Å². The first kappa shape index (κ1) is 16.6. The summed E-state index contributed by atoms with van der Waals surface area (Å²) in [6.07, 6.45) is 2.71. The van der Waals surface area contributed by atoms with E-state index in [2.05, 4.69) is 20.4 Å². The van der Waals surface area contributed by atoms with Crippen molar-refractivity contribution in [3.05, 3.63) is 48.3 Å². The summed E-state index contributed by atoms with van der Waals surface area (Å²) in [5.41, 5.74) is 1.41. The van der Waals surface area contributed by atoms with Crippen molar-refractivity contribution >= 4 is 11.6 Å². The Morgan fingerprint density at radius 3 is 3.04 bits per heavy atom. The largest absolute Gasteiger partial charge is 0.368 e. The molecule has 7 nitrogen and oxygen atoms in total. The van der Waals surface area contributed by atoms with E-state index >= 15 is 0 Å². The zero-order valence-electron chi connectivity index (χ0n) is 14.2. The van der Waals surface area contributed by atoms with Gasteiger partial charge in [0.1, 0.15) is 18.2 Å². The van der Waals surface area contributed by atoms with E-state index in [0.717, 1.165) is 12.8 Å². The van der Waals surface area contributed by atoms with Gasteiger partial charge in [0.2, 0.25) is 5.91 Å². The standard InChI is InChI=1S/C18H18FN5O2/c1-11(21-18(25)15-7-4-8-26-15)17-22-16-9-14(20-10-24(16)23-17)12-5-2-3-6-13(12)19/h2-3,5-6,9-11,15H,4,7-8H2,1H3,(H,21,25)/t11-,15?/m0/s1. The molecular weight excluding hydrogens is 337 g/mol. The molecule has 1 saturated heterocycles. The van der Waals surface area contributed by atoms with Gasteiger partial charge in [0, 0.05) is 18.2 Å². The Labute approximate surface area is 149 Å². The van der Waals surface area contributed by atoms with Crippen LogP contribution in [-0.2, 0) is 9.53 Å². The van der Waals surface area contributed by atoms with Crippen LogP contribution in [0, 0.1) is 5.82 Å². The zero-order valence-corrected chi connectivity index (χ0v) is 14.2. The van der Waals surface area contributed by atoms with Crippen molar-refractivity contribution in [2.45, 2.75) is 31.9 Å². The lowest BCUT2D eigenvalue weighted by atomic mass is 10.1.